The van der Waals surface area contributed by atoms with Crippen LogP contribution in [0.5, 0.6) is 0 Å². The van der Waals surface area contributed by atoms with Crippen molar-refractivity contribution in [3.8, 4) is 0 Å². The second kappa shape index (κ2) is 7.60. The lowest BCUT2D eigenvalue weighted by atomic mass is 10.2. The van der Waals surface area contributed by atoms with Crippen LogP contribution in [0.15, 0.2) is 35.3 Å². The SMILES string of the molecule is CCCC/N=C(\C)C(=O)OCc1ccccc1. The van der Waals surface area contributed by atoms with Gasteiger partial charge in [0.25, 0.3) is 0 Å². The number of aliphatic imine (C=N–C) groups is 1. The highest BCUT2D eigenvalue weighted by Gasteiger charge is 2.06. The van der Waals surface area contributed by atoms with Crippen molar-refractivity contribution in [3.05, 3.63) is 35.9 Å². The summed E-state index contributed by atoms with van der Waals surface area (Å²) in [6.07, 6.45) is 2.08. The molecule has 0 atom stereocenters. The van der Waals surface area contributed by atoms with E-state index in [4.69, 9.17) is 4.74 Å². The minimum Gasteiger partial charge on any atom is -0.456 e. The van der Waals surface area contributed by atoms with Gasteiger partial charge in [0.2, 0.25) is 0 Å². The number of rotatable bonds is 6. The molecule has 0 radical (unpaired) electrons. The number of unbranched alkanes of at least 4 members (excludes halogenated alkanes) is 1. The van der Waals surface area contributed by atoms with Crippen LogP contribution < -0.4 is 0 Å². The largest absolute Gasteiger partial charge is 0.456 e. The predicted molar refractivity (Wildman–Crippen MR) is 69.1 cm³/mol. The van der Waals surface area contributed by atoms with Gasteiger partial charge in [-0.3, -0.25) is 4.99 Å². The molecule has 0 saturated heterocycles. The van der Waals surface area contributed by atoms with Crippen molar-refractivity contribution in [2.24, 2.45) is 4.99 Å². The Kier molecular flexibility index (Phi) is 6.00. The normalized spacial score (nSPS) is 11.3. The lowest BCUT2D eigenvalue weighted by Gasteiger charge is -2.04. The standard InChI is InChI=1S/C14H19NO2/c1-3-4-10-15-12(2)14(16)17-11-13-8-6-5-7-9-13/h5-9H,3-4,10-11H2,1-2H3/b15-12+. The molecule has 1 aromatic carbocycles. The zero-order chi connectivity index (χ0) is 12.5. The molecular formula is C14H19NO2. The maximum absolute atomic E-state index is 11.6. The smallest absolute Gasteiger partial charge is 0.352 e. The first-order chi connectivity index (χ1) is 8.24. The van der Waals surface area contributed by atoms with Gasteiger partial charge < -0.3 is 4.74 Å². The second-order valence-corrected chi connectivity index (χ2v) is 3.88. The molecule has 3 nitrogen and oxygen atoms in total. The quantitative estimate of drug-likeness (QED) is 0.430. The molecule has 1 aromatic rings. The maximum atomic E-state index is 11.6. The van der Waals surface area contributed by atoms with E-state index < -0.39 is 0 Å². The minimum atomic E-state index is -0.329. The molecule has 0 heterocycles. The number of ether oxygens (including phenoxy) is 1. The van der Waals surface area contributed by atoms with Crippen LogP contribution in [0.2, 0.25) is 0 Å². The molecule has 0 aliphatic rings. The van der Waals surface area contributed by atoms with E-state index in [2.05, 4.69) is 11.9 Å². The average molecular weight is 233 g/mol. The van der Waals surface area contributed by atoms with Gasteiger partial charge in [-0.25, -0.2) is 4.79 Å². The van der Waals surface area contributed by atoms with Crippen molar-refractivity contribution in [1.29, 1.82) is 0 Å². The van der Waals surface area contributed by atoms with Gasteiger partial charge in [-0.15, -0.1) is 0 Å². The van der Waals surface area contributed by atoms with E-state index in [-0.39, 0.29) is 5.97 Å². The highest BCUT2D eigenvalue weighted by molar-refractivity contribution is 6.35. The third kappa shape index (κ3) is 5.29. The fraction of sp³-hybridized carbons (Fsp3) is 0.429. The first-order valence-electron chi connectivity index (χ1n) is 5.96. The monoisotopic (exact) mass is 233 g/mol. The Balaban J connectivity index is 2.36. The van der Waals surface area contributed by atoms with Gasteiger partial charge in [0.05, 0.1) is 0 Å². The zero-order valence-electron chi connectivity index (χ0n) is 10.5. The Hall–Kier alpha value is -1.64. The Bertz CT molecular complexity index is 371. The molecule has 0 aromatic heterocycles. The molecule has 1 rings (SSSR count). The molecule has 92 valence electrons. The summed E-state index contributed by atoms with van der Waals surface area (Å²) in [6, 6.07) is 9.63. The predicted octanol–water partition coefficient (Wildman–Crippen LogP) is 2.99. The van der Waals surface area contributed by atoms with Crippen LogP contribution in [0, 0.1) is 0 Å². The fourth-order valence-electron chi connectivity index (χ4n) is 1.30. The number of benzene rings is 1. The first kappa shape index (κ1) is 13.4. The summed E-state index contributed by atoms with van der Waals surface area (Å²) in [5.41, 5.74) is 1.44. The van der Waals surface area contributed by atoms with Crippen LogP contribution in [-0.4, -0.2) is 18.2 Å². The molecule has 3 heteroatoms. The van der Waals surface area contributed by atoms with Crippen molar-refractivity contribution < 1.29 is 9.53 Å². The van der Waals surface area contributed by atoms with Crippen LogP contribution in [0.25, 0.3) is 0 Å². The van der Waals surface area contributed by atoms with Gasteiger partial charge in [-0.2, -0.15) is 0 Å². The number of carbonyl (C=O) groups excluding carboxylic acids is 1. The van der Waals surface area contributed by atoms with E-state index in [1.165, 1.54) is 0 Å². The fourth-order valence-corrected chi connectivity index (χ4v) is 1.30. The van der Waals surface area contributed by atoms with Crippen LogP contribution >= 0.6 is 0 Å². The minimum absolute atomic E-state index is 0.306. The third-order valence-electron chi connectivity index (χ3n) is 2.37. The van der Waals surface area contributed by atoms with E-state index in [9.17, 15) is 4.79 Å². The van der Waals surface area contributed by atoms with Crippen LogP contribution in [0.4, 0.5) is 0 Å². The van der Waals surface area contributed by atoms with E-state index in [0.717, 1.165) is 18.4 Å². The second-order valence-electron chi connectivity index (χ2n) is 3.88. The van der Waals surface area contributed by atoms with Crippen LogP contribution in [-0.2, 0) is 16.1 Å². The van der Waals surface area contributed by atoms with Gasteiger partial charge in [-0.1, -0.05) is 43.7 Å². The highest BCUT2D eigenvalue weighted by Crippen LogP contribution is 2.01. The summed E-state index contributed by atoms with van der Waals surface area (Å²) < 4.78 is 5.15. The van der Waals surface area contributed by atoms with Crippen molar-refractivity contribution in [2.45, 2.75) is 33.3 Å². The summed E-state index contributed by atoms with van der Waals surface area (Å²) in [4.78, 5) is 15.7. The van der Waals surface area contributed by atoms with Crippen molar-refractivity contribution in [2.75, 3.05) is 6.54 Å². The van der Waals surface area contributed by atoms with E-state index in [1.807, 2.05) is 30.3 Å². The number of carbonyl (C=O) groups is 1. The Morgan fingerprint density at radius 2 is 2.00 bits per heavy atom. The van der Waals surface area contributed by atoms with Gasteiger partial charge in [0.1, 0.15) is 12.3 Å². The molecule has 0 aliphatic heterocycles. The van der Waals surface area contributed by atoms with Gasteiger partial charge in [0, 0.05) is 6.54 Å². The third-order valence-corrected chi connectivity index (χ3v) is 2.37. The van der Waals surface area contributed by atoms with E-state index in [1.54, 1.807) is 6.92 Å². The molecule has 0 bridgehead atoms. The summed E-state index contributed by atoms with van der Waals surface area (Å²) in [5.74, 6) is -0.329. The number of hydrogen-bond acceptors (Lipinski definition) is 3. The Morgan fingerprint density at radius 3 is 2.65 bits per heavy atom. The lowest BCUT2D eigenvalue weighted by molar-refractivity contribution is -0.136. The van der Waals surface area contributed by atoms with Gasteiger partial charge in [-0.05, 0) is 18.9 Å². The molecule has 0 amide bonds. The van der Waals surface area contributed by atoms with Crippen molar-refractivity contribution in [3.63, 3.8) is 0 Å². The average Bonchev–Trinajstić information content (AvgIpc) is 2.37. The summed E-state index contributed by atoms with van der Waals surface area (Å²) >= 11 is 0. The molecule has 0 fully saturated rings. The Morgan fingerprint density at radius 1 is 1.29 bits per heavy atom. The lowest BCUT2D eigenvalue weighted by Crippen LogP contribution is -2.14. The Labute approximate surface area is 103 Å². The van der Waals surface area contributed by atoms with Gasteiger partial charge in [0.15, 0.2) is 0 Å². The number of hydrogen-bond donors (Lipinski definition) is 0. The maximum Gasteiger partial charge on any atom is 0.352 e. The van der Waals surface area contributed by atoms with E-state index >= 15 is 0 Å². The highest BCUT2D eigenvalue weighted by atomic mass is 16.5. The molecular weight excluding hydrogens is 214 g/mol. The topological polar surface area (TPSA) is 38.7 Å². The molecule has 0 saturated carbocycles. The van der Waals surface area contributed by atoms with Gasteiger partial charge >= 0.3 is 5.97 Å². The van der Waals surface area contributed by atoms with Crippen LogP contribution in [0.1, 0.15) is 32.3 Å². The summed E-state index contributed by atoms with van der Waals surface area (Å²) in [7, 11) is 0. The molecule has 17 heavy (non-hydrogen) atoms. The summed E-state index contributed by atoms with van der Waals surface area (Å²) in [6.45, 7) is 4.80. The zero-order valence-corrected chi connectivity index (χ0v) is 10.5. The number of esters is 1. The van der Waals surface area contributed by atoms with E-state index in [0.29, 0.717) is 18.9 Å². The number of nitrogens with zero attached hydrogens (tertiary/aromatic N) is 1. The van der Waals surface area contributed by atoms with Crippen molar-refractivity contribution >= 4 is 11.7 Å². The molecule has 0 N–H and O–H groups in total. The van der Waals surface area contributed by atoms with Crippen LogP contribution in [0.3, 0.4) is 0 Å². The first-order valence-corrected chi connectivity index (χ1v) is 5.96. The molecule has 0 aliphatic carbocycles. The molecule has 0 spiro atoms. The molecule has 0 unspecified atom stereocenters. The van der Waals surface area contributed by atoms with Crippen molar-refractivity contribution in [1.82, 2.24) is 0 Å². The summed E-state index contributed by atoms with van der Waals surface area (Å²) in [5, 5.41) is 0.